The number of ether oxygens (including phenoxy) is 1. The number of likely N-dealkylation sites (tertiary alicyclic amines) is 1. The van der Waals surface area contributed by atoms with Gasteiger partial charge in [0.15, 0.2) is 0 Å². The van der Waals surface area contributed by atoms with E-state index < -0.39 is 5.91 Å². The Hall–Kier alpha value is -4.32. The Labute approximate surface area is 233 Å². The van der Waals surface area contributed by atoms with Crippen LogP contribution in [0.15, 0.2) is 37.1 Å². The Morgan fingerprint density at radius 2 is 1.98 bits per heavy atom. The highest BCUT2D eigenvalue weighted by Gasteiger charge is 2.44. The Kier molecular flexibility index (Phi) is 7.78. The van der Waals surface area contributed by atoms with Crippen molar-refractivity contribution in [3.63, 3.8) is 0 Å². The number of carbonyl (C=O) groups excluding carboxylic acids is 2. The van der Waals surface area contributed by atoms with Gasteiger partial charge in [-0.1, -0.05) is 0 Å². The molecule has 2 amide bonds. The number of nitrogens with two attached hydrogens (primary N) is 1. The number of amides is 2. The summed E-state index contributed by atoms with van der Waals surface area (Å²) in [6.45, 7) is 4.24. The third-order valence-electron chi connectivity index (χ3n) is 7.89. The van der Waals surface area contributed by atoms with E-state index in [1.807, 2.05) is 0 Å². The normalized spacial score (nSPS) is 16.5. The molecule has 1 saturated carbocycles. The molecule has 1 aliphatic heterocycles. The van der Waals surface area contributed by atoms with E-state index in [0.29, 0.717) is 34.7 Å². The molecule has 12 nitrogen and oxygen atoms in total. The summed E-state index contributed by atoms with van der Waals surface area (Å²) in [5.74, 6) is -0.637. The van der Waals surface area contributed by atoms with Crippen LogP contribution in [0.5, 0.6) is 5.88 Å². The van der Waals surface area contributed by atoms with Crippen LogP contribution < -0.4 is 21.1 Å². The van der Waals surface area contributed by atoms with Gasteiger partial charge in [-0.3, -0.25) is 24.2 Å². The third kappa shape index (κ3) is 5.39. The first-order valence-corrected chi connectivity index (χ1v) is 13.5. The van der Waals surface area contributed by atoms with E-state index in [1.54, 1.807) is 37.1 Å². The zero-order valence-electron chi connectivity index (χ0n) is 23.1. The van der Waals surface area contributed by atoms with Crippen LogP contribution in [0.2, 0.25) is 0 Å². The van der Waals surface area contributed by atoms with Crippen molar-refractivity contribution in [1.82, 2.24) is 34.9 Å². The molecule has 4 heterocycles. The second-order valence-electron chi connectivity index (χ2n) is 10.3. The predicted molar refractivity (Wildman–Crippen MR) is 150 cm³/mol. The molecule has 0 unspecified atom stereocenters. The number of methoxy groups -OCH3 is 1. The fraction of sp³-hybridized carbons (Fsp3) is 0.429. The average Bonchev–Trinajstić information content (AvgIpc) is 3.57. The van der Waals surface area contributed by atoms with Crippen molar-refractivity contribution in [3.8, 4) is 17.1 Å². The molecule has 12 heteroatoms. The number of hydrogen-bond acceptors (Lipinski definition) is 9. The number of nitrogens with zero attached hydrogens (tertiary/aromatic N) is 6. The zero-order valence-corrected chi connectivity index (χ0v) is 23.1. The maximum absolute atomic E-state index is 13.3. The molecule has 0 aromatic carbocycles. The van der Waals surface area contributed by atoms with E-state index in [2.05, 4.69) is 35.6 Å². The summed E-state index contributed by atoms with van der Waals surface area (Å²) in [4.78, 5) is 41.9. The van der Waals surface area contributed by atoms with Gasteiger partial charge >= 0.3 is 0 Å². The first-order chi connectivity index (χ1) is 19.3. The highest BCUT2D eigenvalue weighted by molar-refractivity contribution is 6.25. The minimum Gasteiger partial charge on any atom is -0.479 e. The predicted octanol–water partition coefficient (Wildman–Crippen LogP) is 2.28. The van der Waals surface area contributed by atoms with Crippen molar-refractivity contribution in [2.75, 3.05) is 32.1 Å². The fourth-order valence-electron chi connectivity index (χ4n) is 5.53. The van der Waals surface area contributed by atoms with E-state index in [-0.39, 0.29) is 23.1 Å². The molecule has 5 rings (SSSR count). The molecular weight excluding hydrogens is 510 g/mol. The Morgan fingerprint density at radius 1 is 1.18 bits per heavy atom. The molecule has 0 bridgehead atoms. The van der Waals surface area contributed by atoms with Crippen molar-refractivity contribution >= 4 is 23.1 Å². The lowest BCUT2D eigenvalue weighted by atomic mass is 9.75. The van der Waals surface area contributed by atoms with Gasteiger partial charge in [-0.2, -0.15) is 5.10 Å². The number of aromatic nitrogens is 5. The van der Waals surface area contributed by atoms with E-state index in [1.165, 1.54) is 51.6 Å². The lowest BCUT2D eigenvalue weighted by molar-refractivity contribution is -0.111. The molecule has 3 aromatic heterocycles. The summed E-state index contributed by atoms with van der Waals surface area (Å²) >= 11 is 0. The van der Waals surface area contributed by atoms with Gasteiger partial charge in [0.25, 0.3) is 11.8 Å². The number of pyridine rings is 1. The topological polar surface area (TPSA) is 153 Å². The van der Waals surface area contributed by atoms with Crippen LogP contribution >= 0.6 is 0 Å². The van der Waals surface area contributed by atoms with E-state index >= 15 is 0 Å². The van der Waals surface area contributed by atoms with Crippen LogP contribution in [0.4, 0.5) is 5.69 Å². The van der Waals surface area contributed by atoms with Crippen LogP contribution in [0, 0.1) is 6.92 Å². The van der Waals surface area contributed by atoms with Gasteiger partial charge in [-0.05, 0) is 51.6 Å². The molecule has 1 spiro atoms. The smallest absolute Gasteiger partial charge is 0.259 e. The van der Waals surface area contributed by atoms with Gasteiger partial charge in [0.1, 0.15) is 5.69 Å². The van der Waals surface area contributed by atoms with Crippen molar-refractivity contribution in [2.45, 2.75) is 44.6 Å². The first-order valence-electron chi connectivity index (χ1n) is 13.5. The molecule has 210 valence electrons. The van der Waals surface area contributed by atoms with Crippen LogP contribution in [0.25, 0.3) is 16.8 Å². The van der Waals surface area contributed by atoms with Crippen LogP contribution in [-0.2, 0) is 11.8 Å². The molecule has 0 radical (unpaired) electrons. The van der Waals surface area contributed by atoms with Gasteiger partial charge in [0, 0.05) is 49.8 Å². The fourth-order valence-corrected chi connectivity index (χ4v) is 5.53. The van der Waals surface area contributed by atoms with Gasteiger partial charge < -0.3 is 21.1 Å². The summed E-state index contributed by atoms with van der Waals surface area (Å²) in [6.07, 6.45) is 13.9. The Balaban J connectivity index is 1.26. The van der Waals surface area contributed by atoms with E-state index in [4.69, 9.17) is 10.5 Å². The number of rotatable bonds is 9. The number of anilines is 1. The van der Waals surface area contributed by atoms with Crippen molar-refractivity contribution in [3.05, 3.63) is 54.0 Å². The molecule has 0 atom stereocenters. The van der Waals surface area contributed by atoms with E-state index in [9.17, 15) is 9.59 Å². The molecule has 2 aliphatic rings. The van der Waals surface area contributed by atoms with Crippen molar-refractivity contribution < 1.29 is 14.3 Å². The monoisotopic (exact) mass is 545 g/mol. The second kappa shape index (κ2) is 11.4. The highest BCUT2D eigenvalue weighted by Crippen LogP contribution is 2.45. The highest BCUT2D eigenvalue weighted by atomic mass is 16.5. The van der Waals surface area contributed by atoms with Gasteiger partial charge in [0.2, 0.25) is 5.88 Å². The van der Waals surface area contributed by atoms with Gasteiger partial charge in [0.05, 0.1) is 47.7 Å². The molecular formula is C28H35N9O3. The molecule has 4 N–H and O–H groups in total. The molecule has 3 aromatic rings. The number of nitrogens with one attached hydrogen (secondary N) is 2. The average molecular weight is 546 g/mol. The zero-order chi connectivity index (χ0) is 28.3. The number of aryl methyl sites for hydroxylation is 2. The van der Waals surface area contributed by atoms with Crippen LogP contribution in [0.1, 0.15) is 53.8 Å². The number of hydrogen-bond donors (Lipinski definition) is 3. The first kappa shape index (κ1) is 27.3. The van der Waals surface area contributed by atoms with Crippen LogP contribution in [-0.4, -0.2) is 73.7 Å². The van der Waals surface area contributed by atoms with Crippen LogP contribution in [0.3, 0.4) is 0 Å². The molecule has 1 aliphatic carbocycles. The summed E-state index contributed by atoms with van der Waals surface area (Å²) in [5.41, 5.74) is 9.05. The maximum atomic E-state index is 13.3. The van der Waals surface area contributed by atoms with Gasteiger partial charge in [-0.15, -0.1) is 0 Å². The molecule has 1 saturated heterocycles. The summed E-state index contributed by atoms with van der Waals surface area (Å²) in [5, 5.41) is 9.96. The second-order valence-corrected chi connectivity index (χ2v) is 10.3. The summed E-state index contributed by atoms with van der Waals surface area (Å²) < 4.78 is 7.08. The van der Waals surface area contributed by atoms with Crippen molar-refractivity contribution in [2.24, 2.45) is 12.8 Å². The standard InChI is InChI=1S/C28H35N9O3/c1-18-22(12-19(14-31-18)25(38)30-9-11-37-10-5-8-28(37)6-4-7-28)34-26(39)21(13-29)24-27(40-3)35-23(16-32-24)20-15-33-36(2)17-20/h12-17H,4-11,29H2,1-3H3,(H,30,38)(H,34,39). The quantitative estimate of drug-likeness (QED) is 0.344. The lowest BCUT2D eigenvalue weighted by Crippen LogP contribution is -2.51. The summed E-state index contributed by atoms with van der Waals surface area (Å²) in [6, 6.07) is 1.61. The SMILES string of the molecule is COc1nc(-c2cnn(C)c2)cnc1C(=CN)C(=O)Nc1cc(C(=O)NCCN2CCCC23CCC3)cnc1C. The Morgan fingerprint density at radius 3 is 2.65 bits per heavy atom. The van der Waals surface area contributed by atoms with Crippen molar-refractivity contribution in [1.29, 1.82) is 0 Å². The Bertz CT molecular complexity index is 1440. The molecule has 40 heavy (non-hydrogen) atoms. The largest absolute Gasteiger partial charge is 0.479 e. The van der Waals surface area contributed by atoms with E-state index in [0.717, 1.165) is 24.9 Å². The lowest BCUT2D eigenvalue weighted by Gasteiger charge is -2.46. The number of carbonyl (C=O) groups is 2. The third-order valence-corrected chi connectivity index (χ3v) is 7.89. The summed E-state index contributed by atoms with van der Waals surface area (Å²) in [7, 11) is 3.24. The maximum Gasteiger partial charge on any atom is 0.259 e. The molecule has 2 fully saturated rings. The minimum atomic E-state index is -0.536. The minimum absolute atomic E-state index is 0.0619. The van der Waals surface area contributed by atoms with Gasteiger partial charge in [-0.25, -0.2) is 9.97 Å².